The second-order valence-electron chi connectivity index (χ2n) is 9.00. The highest BCUT2D eigenvalue weighted by Crippen LogP contribution is 2.38. The molecule has 3 aliphatic rings. The monoisotopic (exact) mass is 497 g/mol. The fraction of sp³-hybridized carbons (Fsp3) is 0.417. The topological polar surface area (TPSA) is 41.7 Å². The number of hydrogen-bond acceptors (Lipinski definition) is 5. The van der Waals surface area contributed by atoms with Crippen molar-refractivity contribution in [1.29, 1.82) is 0 Å². The van der Waals surface area contributed by atoms with E-state index in [9.17, 15) is 22.0 Å². The molecule has 0 saturated carbocycles. The minimum absolute atomic E-state index is 0.0875. The Morgan fingerprint density at radius 2 is 1.62 bits per heavy atom. The highest BCUT2D eigenvalue weighted by molar-refractivity contribution is 7.97. The third kappa shape index (κ3) is 4.87. The van der Waals surface area contributed by atoms with Crippen LogP contribution in [0.15, 0.2) is 58.5 Å². The van der Waals surface area contributed by atoms with E-state index in [0.717, 1.165) is 61.4 Å². The molecule has 2 unspecified atom stereocenters. The number of nitrogens with zero attached hydrogens (tertiary/aromatic N) is 2. The van der Waals surface area contributed by atoms with Gasteiger partial charge in [0.25, 0.3) is 0 Å². The number of nitrogens with two attached hydrogens (primary N) is 1. The van der Waals surface area contributed by atoms with Gasteiger partial charge < -0.3 is 10.5 Å². The van der Waals surface area contributed by atoms with Gasteiger partial charge in [-0.25, -0.2) is 13.1 Å². The molecule has 0 amide bonds. The van der Waals surface area contributed by atoms with E-state index in [-0.39, 0.29) is 11.6 Å². The molecule has 0 bridgehead atoms. The molecule has 2 N–H and O–H groups in total. The third-order valence-electron chi connectivity index (χ3n) is 6.62. The van der Waals surface area contributed by atoms with Crippen molar-refractivity contribution in [3.63, 3.8) is 0 Å². The zero-order valence-corrected chi connectivity index (χ0v) is 19.0. The van der Waals surface area contributed by atoms with E-state index < -0.39 is 35.5 Å². The van der Waals surface area contributed by atoms with E-state index in [4.69, 9.17) is 10.5 Å². The standard InChI is InChI=1S/C24H24F5N3OS/c25-17-3-6-21(26)20(7-17)23-22(30)8-18(13-33-23)31-9-14-11-32(12-15(14)10-31)34-19-4-1-16(2-5-19)24(27,28)29/h1-7,18,22-23H,8-13,30H2/t18?,22?,23-/m1/s1. The fourth-order valence-electron chi connectivity index (χ4n) is 4.90. The Kier molecular flexibility index (Phi) is 6.45. The van der Waals surface area contributed by atoms with Gasteiger partial charge in [-0.05, 0) is 72.0 Å². The lowest BCUT2D eigenvalue weighted by molar-refractivity contribution is -0.137. The summed E-state index contributed by atoms with van der Waals surface area (Å²) < 4.78 is 74.1. The Labute approximate surface area is 198 Å². The van der Waals surface area contributed by atoms with E-state index in [1.54, 1.807) is 0 Å². The first kappa shape index (κ1) is 23.7. The summed E-state index contributed by atoms with van der Waals surface area (Å²) in [6.45, 7) is 3.43. The van der Waals surface area contributed by atoms with Crippen molar-refractivity contribution in [3.8, 4) is 0 Å². The largest absolute Gasteiger partial charge is 0.416 e. The van der Waals surface area contributed by atoms with Gasteiger partial charge in [0.2, 0.25) is 0 Å². The summed E-state index contributed by atoms with van der Waals surface area (Å²) in [6, 6.07) is 8.18. The van der Waals surface area contributed by atoms with Gasteiger partial charge in [0.05, 0.1) is 12.2 Å². The Balaban J connectivity index is 1.14. The molecule has 34 heavy (non-hydrogen) atoms. The Hall–Kier alpha value is -1.98. The lowest BCUT2D eigenvalue weighted by atomic mass is 9.93. The van der Waals surface area contributed by atoms with E-state index >= 15 is 0 Å². The first-order chi connectivity index (χ1) is 16.2. The van der Waals surface area contributed by atoms with Gasteiger partial charge >= 0.3 is 6.18 Å². The average Bonchev–Trinajstić information content (AvgIpc) is 3.34. The van der Waals surface area contributed by atoms with Crippen LogP contribution in [0.5, 0.6) is 0 Å². The van der Waals surface area contributed by atoms with Gasteiger partial charge in [-0.3, -0.25) is 4.90 Å². The normalized spacial score (nSPS) is 26.4. The number of alkyl halides is 3. The van der Waals surface area contributed by atoms with Crippen LogP contribution in [0.1, 0.15) is 23.7 Å². The second-order valence-corrected chi connectivity index (χ2v) is 10.2. The van der Waals surface area contributed by atoms with Crippen molar-refractivity contribution >= 4 is 11.9 Å². The molecule has 0 radical (unpaired) electrons. The maximum Gasteiger partial charge on any atom is 0.416 e. The maximum atomic E-state index is 14.2. The van der Waals surface area contributed by atoms with Gasteiger partial charge in [-0.15, -0.1) is 0 Å². The second kappa shape index (κ2) is 9.23. The molecule has 1 fully saturated rings. The Bertz CT molecular complexity index is 1070. The first-order valence-corrected chi connectivity index (χ1v) is 11.8. The molecule has 5 rings (SSSR count). The predicted octanol–water partition coefficient (Wildman–Crippen LogP) is 4.78. The van der Waals surface area contributed by atoms with Crippen molar-refractivity contribution < 1.29 is 26.7 Å². The number of halogens is 5. The van der Waals surface area contributed by atoms with Gasteiger partial charge in [0.15, 0.2) is 0 Å². The number of ether oxygens (including phenoxy) is 1. The molecular formula is C24H24F5N3OS. The van der Waals surface area contributed by atoms with Crippen LogP contribution >= 0.6 is 11.9 Å². The summed E-state index contributed by atoms with van der Waals surface area (Å²) in [7, 11) is 0. The molecule has 2 aromatic carbocycles. The van der Waals surface area contributed by atoms with Crippen molar-refractivity contribution in [2.24, 2.45) is 5.73 Å². The van der Waals surface area contributed by atoms with Crippen LogP contribution < -0.4 is 5.73 Å². The van der Waals surface area contributed by atoms with Crippen LogP contribution in [0, 0.1) is 11.6 Å². The third-order valence-corrected chi connectivity index (χ3v) is 7.62. The molecule has 3 aliphatic heterocycles. The summed E-state index contributed by atoms with van der Waals surface area (Å²) in [5, 5.41) is 0. The van der Waals surface area contributed by atoms with Gasteiger partial charge in [0, 0.05) is 48.7 Å². The molecule has 10 heteroatoms. The minimum Gasteiger partial charge on any atom is -0.370 e. The highest BCUT2D eigenvalue weighted by atomic mass is 32.2. The molecule has 0 spiro atoms. The van der Waals surface area contributed by atoms with Crippen LogP contribution in [0.3, 0.4) is 0 Å². The zero-order valence-electron chi connectivity index (χ0n) is 18.2. The summed E-state index contributed by atoms with van der Waals surface area (Å²) in [6.07, 6.45) is -4.39. The summed E-state index contributed by atoms with van der Waals surface area (Å²) in [5.74, 6) is -1.04. The fourth-order valence-corrected chi connectivity index (χ4v) is 5.90. The SMILES string of the molecule is NC1CC(N2CC3=C(CN(Sc4ccc(C(F)(F)F)cc4)C3)C2)CO[C@@H]1c1cc(F)ccc1F. The Morgan fingerprint density at radius 3 is 2.24 bits per heavy atom. The zero-order chi connectivity index (χ0) is 24.0. The lowest BCUT2D eigenvalue weighted by Gasteiger charge is -2.39. The molecule has 0 aromatic heterocycles. The molecule has 3 atom stereocenters. The number of hydrogen-bond donors (Lipinski definition) is 1. The van der Waals surface area contributed by atoms with Crippen LogP contribution in [0.25, 0.3) is 0 Å². The number of rotatable bonds is 4. The molecule has 0 aliphatic carbocycles. The van der Waals surface area contributed by atoms with E-state index in [1.807, 2.05) is 0 Å². The minimum atomic E-state index is -4.33. The van der Waals surface area contributed by atoms with Crippen molar-refractivity contribution in [2.45, 2.75) is 35.7 Å². The quantitative estimate of drug-likeness (QED) is 0.374. The Morgan fingerprint density at radius 1 is 0.941 bits per heavy atom. The van der Waals surface area contributed by atoms with Crippen LogP contribution in [-0.4, -0.2) is 54.1 Å². The molecule has 2 aromatic rings. The summed E-state index contributed by atoms with van der Waals surface area (Å²) >= 11 is 1.46. The average molecular weight is 498 g/mol. The van der Waals surface area contributed by atoms with Crippen molar-refractivity contribution in [2.75, 3.05) is 32.8 Å². The lowest BCUT2D eigenvalue weighted by Crippen LogP contribution is -2.49. The van der Waals surface area contributed by atoms with E-state index in [0.29, 0.717) is 13.0 Å². The summed E-state index contributed by atoms with van der Waals surface area (Å²) in [4.78, 5) is 3.08. The van der Waals surface area contributed by atoms with E-state index in [2.05, 4.69) is 9.21 Å². The number of benzene rings is 2. The summed E-state index contributed by atoms with van der Waals surface area (Å²) in [5.41, 5.74) is 8.44. The van der Waals surface area contributed by atoms with Crippen LogP contribution in [0.4, 0.5) is 22.0 Å². The smallest absolute Gasteiger partial charge is 0.370 e. The van der Waals surface area contributed by atoms with E-state index in [1.165, 1.54) is 35.2 Å². The molecule has 1 saturated heterocycles. The molecule has 182 valence electrons. The van der Waals surface area contributed by atoms with Gasteiger partial charge in [-0.2, -0.15) is 13.2 Å². The van der Waals surface area contributed by atoms with Crippen molar-refractivity contribution in [1.82, 2.24) is 9.21 Å². The molecular weight excluding hydrogens is 473 g/mol. The first-order valence-electron chi connectivity index (χ1n) is 11.0. The van der Waals surface area contributed by atoms with Crippen LogP contribution in [0.2, 0.25) is 0 Å². The highest BCUT2D eigenvalue weighted by Gasteiger charge is 2.39. The molecule has 4 nitrogen and oxygen atoms in total. The maximum absolute atomic E-state index is 14.2. The predicted molar refractivity (Wildman–Crippen MR) is 119 cm³/mol. The van der Waals surface area contributed by atoms with Gasteiger partial charge in [-0.1, -0.05) is 0 Å². The van der Waals surface area contributed by atoms with Crippen molar-refractivity contribution in [3.05, 3.63) is 76.4 Å². The molecule has 3 heterocycles. The van der Waals surface area contributed by atoms with Crippen LogP contribution in [-0.2, 0) is 10.9 Å². The van der Waals surface area contributed by atoms with Gasteiger partial charge in [0.1, 0.15) is 17.7 Å².